The summed E-state index contributed by atoms with van der Waals surface area (Å²) in [5.74, 6) is 0. The largest absolute Gasteiger partial charge is 0.411 e. The van der Waals surface area contributed by atoms with E-state index >= 15 is 0 Å². The maximum absolute atomic E-state index is 9.11. The molecular formula is C18H28N2O. The van der Waals surface area contributed by atoms with Crippen LogP contribution in [-0.4, -0.2) is 35.0 Å². The normalized spacial score (nSPS) is 18.9. The number of nitrogens with zero attached hydrogens (tertiary/aromatic N) is 2. The zero-order valence-electron chi connectivity index (χ0n) is 13.6. The minimum atomic E-state index is 0.630. The van der Waals surface area contributed by atoms with E-state index in [1.54, 1.807) is 0 Å². The van der Waals surface area contributed by atoms with E-state index in [1.165, 1.54) is 43.5 Å². The number of hydrogen-bond acceptors (Lipinski definition) is 3. The fourth-order valence-electron chi connectivity index (χ4n) is 3.53. The molecule has 0 saturated carbocycles. The van der Waals surface area contributed by atoms with Gasteiger partial charge in [-0.15, -0.1) is 0 Å². The molecule has 0 heterocycles. The summed E-state index contributed by atoms with van der Waals surface area (Å²) in [5, 5.41) is 12.5. The van der Waals surface area contributed by atoms with Crippen molar-refractivity contribution in [3.8, 4) is 0 Å². The smallest absolute Gasteiger partial charge is 0.0839 e. The second-order valence-corrected chi connectivity index (χ2v) is 6.06. The Kier molecular flexibility index (Phi) is 5.80. The third-order valence-corrected chi connectivity index (χ3v) is 4.54. The van der Waals surface area contributed by atoms with Gasteiger partial charge in [-0.25, -0.2) is 0 Å². The minimum Gasteiger partial charge on any atom is -0.411 e. The Balaban J connectivity index is 2.25. The van der Waals surface area contributed by atoms with Gasteiger partial charge in [0.05, 0.1) is 5.71 Å². The molecule has 0 bridgehead atoms. The van der Waals surface area contributed by atoms with Crippen molar-refractivity contribution in [2.45, 2.75) is 58.9 Å². The molecule has 0 aromatic heterocycles. The van der Waals surface area contributed by atoms with E-state index in [2.05, 4.69) is 42.1 Å². The Labute approximate surface area is 128 Å². The Morgan fingerprint density at radius 2 is 2.00 bits per heavy atom. The first kappa shape index (κ1) is 16.0. The van der Waals surface area contributed by atoms with E-state index in [-0.39, 0.29) is 0 Å². The first-order valence-corrected chi connectivity index (χ1v) is 8.25. The summed E-state index contributed by atoms with van der Waals surface area (Å²) in [6.45, 7) is 8.77. The number of hydrogen-bond donors (Lipinski definition) is 1. The Bertz CT molecular complexity index is 490. The highest BCUT2D eigenvalue weighted by atomic mass is 16.4. The van der Waals surface area contributed by atoms with Crippen molar-refractivity contribution >= 4 is 5.71 Å². The number of fused-ring (bicyclic) bond motifs is 1. The molecule has 1 unspecified atom stereocenters. The van der Waals surface area contributed by atoms with Crippen molar-refractivity contribution in [3.05, 3.63) is 34.9 Å². The van der Waals surface area contributed by atoms with Gasteiger partial charge in [0.2, 0.25) is 0 Å². The van der Waals surface area contributed by atoms with Gasteiger partial charge in [-0.1, -0.05) is 37.2 Å². The molecule has 0 aliphatic heterocycles. The average molecular weight is 288 g/mol. The summed E-state index contributed by atoms with van der Waals surface area (Å²) in [6.07, 6.45) is 5.88. The zero-order valence-corrected chi connectivity index (χ0v) is 13.6. The fourth-order valence-corrected chi connectivity index (χ4v) is 3.53. The van der Waals surface area contributed by atoms with E-state index in [9.17, 15) is 0 Å². The Morgan fingerprint density at radius 1 is 1.29 bits per heavy atom. The first-order chi connectivity index (χ1) is 10.2. The van der Waals surface area contributed by atoms with Crippen molar-refractivity contribution in [2.75, 3.05) is 13.1 Å². The number of aryl methyl sites for hydroxylation is 1. The molecule has 3 nitrogen and oxygen atoms in total. The van der Waals surface area contributed by atoms with Crippen LogP contribution in [0, 0.1) is 0 Å². The highest BCUT2D eigenvalue weighted by Gasteiger charge is 2.25. The first-order valence-electron chi connectivity index (χ1n) is 8.25. The molecule has 0 radical (unpaired) electrons. The predicted molar refractivity (Wildman–Crippen MR) is 88.4 cm³/mol. The van der Waals surface area contributed by atoms with E-state index in [0.717, 1.165) is 24.1 Å². The third kappa shape index (κ3) is 3.65. The number of benzene rings is 1. The van der Waals surface area contributed by atoms with Gasteiger partial charge in [-0.3, -0.25) is 0 Å². The highest BCUT2D eigenvalue weighted by molar-refractivity contribution is 5.99. The molecule has 21 heavy (non-hydrogen) atoms. The number of rotatable bonds is 6. The van der Waals surface area contributed by atoms with Gasteiger partial charge < -0.3 is 10.1 Å². The van der Waals surface area contributed by atoms with Gasteiger partial charge in [-0.2, -0.15) is 0 Å². The van der Waals surface area contributed by atoms with Gasteiger partial charge in [0.25, 0.3) is 0 Å². The summed E-state index contributed by atoms with van der Waals surface area (Å²) in [4.78, 5) is 2.64. The van der Waals surface area contributed by atoms with Crippen LogP contribution < -0.4 is 0 Å². The molecule has 0 fully saturated rings. The van der Waals surface area contributed by atoms with Crippen molar-refractivity contribution in [1.82, 2.24) is 4.90 Å². The molecule has 1 aliphatic carbocycles. The van der Waals surface area contributed by atoms with Crippen molar-refractivity contribution in [1.29, 1.82) is 0 Å². The van der Waals surface area contributed by atoms with Gasteiger partial charge in [0, 0.05) is 11.6 Å². The summed E-state index contributed by atoms with van der Waals surface area (Å²) < 4.78 is 0. The molecule has 0 spiro atoms. The van der Waals surface area contributed by atoms with Crippen molar-refractivity contribution in [2.24, 2.45) is 5.16 Å². The van der Waals surface area contributed by atoms with Crippen LogP contribution in [0.5, 0.6) is 0 Å². The quantitative estimate of drug-likeness (QED) is 0.490. The van der Waals surface area contributed by atoms with Crippen molar-refractivity contribution in [3.63, 3.8) is 0 Å². The van der Waals surface area contributed by atoms with Crippen LogP contribution >= 0.6 is 0 Å². The number of oxime groups is 1. The third-order valence-electron chi connectivity index (χ3n) is 4.54. The molecule has 116 valence electrons. The summed E-state index contributed by atoms with van der Waals surface area (Å²) in [7, 11) is 0. The predicted octanol–water partition coefficient (Wildman–Crippen LogP) is 3.86. The van der Waals surface area contributed by atoms with Gasteiger partial charge in [-0.05, 0) is 63.2 Å². The molecular weight excluding hydrogens is 260 g/mol. The monoisotopic (exact) mass is 288 g/mol. The van der Waals surface area contributed by atoms with Gasteiger partial charge in [0.15, 0.2) is 0 Å². The summed E-state index contributed by atoms with van der Waals surface area (Å²) in [5.41, 5.74) is 4.67. The molecule has 1 N–H and O–H groups in total. The second kappa shape index (κ2) is 7.60. The standard InChI is InChI=1S/C18H28N2O/c1-4-11-20(12-5-2)16-10-9-15-7-6-8-17(14(3)19-21)18(15)13-16/h6-8,16,21H,4-5,9-13H2,1-3H3/b19-14+. The van der Waals surface area contributed by atoms with Crippen LogP contribution in [0.4, 0.5) is 0 Å². The topological polar surface area (TPSA) is 35.8 Å². The van der Waals surface area contributed by atoms with Crippen LogP contribution in [0.3, 0.4) is 0 Å². The molecule has 2 rings (SSSR count). The van der Waals surface area contributed by atoms with Crippen LogP contribution in [0.2, 0.25) is 0 Å². The van der Waals surface area contributed by atoms with Crippen LogP contribution in [-0.2, 0) is 12.8 Å². The lowest BCUT2D eigenvalue weighted by Crippen LogP contribution is -2.40. The highest BCUT2D eigenvalue weighted by Crippen LogP contribution is 2.28. The lowest BCUT2D eigenvalue weighted by Gasteiger charge is -2.35. The second-order valence-electron chi connectivity index (χ2n) is 6.06. The lowest BCUT2D eigenvalue weighted by molar-refractivity contribution is 0.180. The van der Waals surface area contributed by atoms with E-state index in [0.29, 0.717) is 6.04 Å². The minimum absolute atomic E-state index is 0.630. The van der Waals surface area contributed by atoms with Crippen LogP contribution in [0.25, 0.3) is 0 Å². The fraction of sp³-hybridized carbons (Fsp3) is 0.611. The molecule has 1 aromatic rings. The maximum Gasteiger partial charge on any atom is 0.0839 e. The van der Waals surface area contributed by atoms with Gasteiger partial charge >= 0.3 is 0 Å². The van der Waals surface area contributed by atoms with Crippen molar-refractivity contribution < 1.29 is 5.21 Å². The summed E-state index contributed by atoms with van der Waals surface area (Å²) >= 11 is 0. The van der Waals surface area contributed by atoms with E-state index in [1.807, 2.05) is 6.92 Å². The zero-order chi connectivity index (χ0) is 15.2. The average Bonchev–Trinajstić information content (AvgIpc) is 2.53. The molecule has 1 aliphatic rings. The molecule has 0 saturated heterocycles. The molecule has 1 aromatic carbocycles. The molecule has 3 heteroatoms. The van der Waals surface area contributed by atoms with E-state index in [4.69, 9.17) is 5.21 Å². The maximum atomic E-state index is 9.11. The van der Waals surface area contributed by atoms with Crippen LogP contribution in [0.1, 0.15) is 56.7 Å². The van der Waals surface area contributed by atoms with Crippen LogP contribution in [0.15, 0.2) is 23.4 Å². The molecule has 1 atom stereocenters. The Morgan fingerprint density at radius 3 is 2.62 bits per heavy atom. The van der Waals surface area contributed by atoms with Gasteiger partial charge in [0.1, 0.15) is 0 Å². The SMILES string of the molecule is CCCN(CCC)C1CCc2cccc(/C(C)=N/O)c2C1. The van der Waals surface area contributed by atoms with E-state index < -0.39 is 0 Å². The Hall–Kier alpha value is -1.35. The lowest BCUT2D eigenvalue weighted by atomic mass is 9.83. The molecule has 0 amide bonds. The summed E-state index contributed by atoms with van der Waals surface area (Å²) in [6, 6.07) is 7.02.